The Balaban J connectivity index is 1.45. The zero-order valence-corrected chi connectivity index (χ0v) is 15.0. The molecule has 128 valence electrons. The number of rotatable bonds is 3. The summed E-state index contributed by atoms with van der Waals surface area (Å²) in [7, 11) is 0. The van der Waals surface area contributed by atoms with Crippen molar-refractivity contribution in [1.82, 2.24) is 20.0 Å². The fourth-order valence-corrected chi connectivity index (χ4v) is 5.90. The Morgan fingerprint density at radius 2 is 1.79 bits per heavy atom. The average Bonchev–Trinajstić information content (AvgIpc) is 3.14. The summed E-state index contributed by atoms with van der Waals surface area (Å²) >= 11 is 6.13. The first-order valence-corrected chi connectivity index (χ1v) is 9.45. The molecule has 6 rings (SSSR count). The summed E-state index contributed by atoms with van der Waals surface area (Å²) < 4.78 is 8.02. The fraction of sp³-hybridized carbons (Fsp3) is 0.722. The molecule has 0 saturated heterocycles. The third-order valence-electron chi connectivity index (χ3n) is 6.54. The van der Waals surface area contributed by atoms with Crippen molar-refractivity contribution in [3.05, 3.63) is 28.7 Å². The highest BCUT2D eigenvalue weighted by atomic mass is 35.5. The van der Waals surface area contributed by atoms with Gasteiger partial charge in [0.05, 0.1) is 10.7 Å². The normalized spacial score (nSPS) is 35.5. The Kier molecular flexibility index (Phi) is 3.16. The zero-order valence-electron chi connectivity index (χ0n) is 14.2. The number of aromatic nitrogens is 4. The van der Waals surface area contributed by atoms with Crippen LogP contribution in [0.4, 0.5) is 0 Å². The van der Waals surface area contributed by atoms with Crippen LogP contribution in [0.5, 0.6) is 0 Å². The summed E-state index contributed by atoms with van der Waals surface area (Å²) in [4.78, 5) is 0. The van der Waals surface area contributed by atoms with Crippen LogP contribution in [0.2, 0.25) is 5.02 Å². The largest absolute Gasteiger partial charge is 0.422 e. The zero-order chi connectivity index (χ0) is 16.5. The van der Waals surface area contributed by atoms with Crippen molar-refractivity contribution >= 4 is 11.6 Å². The molecule has 0 aliphatic heterocycles. The van der Waals surface area contributed by atoms with Gasteiger partial charge in [0.15, 0.2) is 0 Å². The first-order valence-electron chi connectivity index (χ1n) is 9.07. The van der Waals surface area contributed by atoms with Gasteiger partial charge in [-0.1, -0.05) is 11.6 Å². The van der Waals surface area contributed by atoms with Crippen LogP contribution in [0.1, 0.15) is 69.0 Å². The second-order valence-electron chi connectivity index (χ2n) is 8.36. The minimum Gasteiger partial charge on any atom is -0.422 e. The molecule has 4 aliphatic carbocycles. The van der Waals surface area contributed by atoms with Gasteiger partial charge in [-0.15, -0.1) is 10.2 Å². The van der Waals surface area contributed by atoms with Gasteiger partial charge in [0, 0.05) is 11.6 Å². The highest BCUT2D eigenvalue weighted by Crippen LogP contribution is 2.60. The fourth-order valence-electron chi connectivity index (χ4n) is 5.76. The van der Waals surface area contributed by atoms with Crippen molar-refractivity contribution in [2.24, 2.45) is 17.8 Å². The van der Waals surface area contributed by atoms with Crippen molar-refractivity contribution in [2.75, 3.05) is 0 Å². The molecular weight excluding hydrogens is 324 g/mol. The van der Waals surface area contributed by atoms with Crippen molar-refractivity contribution in [3.63, 3.8) is 0 Å². The molecule has 2 aromatic heterocycles. The van der Waals surface area contributed by atoms with Crippen LogP contribution in [0.15, 0.2) is 10.6 Å². The van der Waals surface area contributed by atoms with E-state index in [4.69, 9.17) is 16.0 Å². The van der Waals surface area contributed by atoms with Crippen LogP contribution in [-0.2, 0) is 5.41 Å². The van der Waals surface area contributed by atoms with Crippen LogP contribution in [0, 0.1) is 24.7 Å². The topological polar surface area (TPSA) is 56.7 Å². The Morgan fingerprint density at radius 1 is 1.17 bits per heavy atom. The summed E-state index contributed by atoms with van der Waals surface area (Å²) in [5, 5.41) is 14.0. The van der Waals surface area contributed by atoms with E-state index in [9.17, 15) is 0 Å². The molecule has 5 nitrogen and oxygen atoms in total. The first-order chi connectivity index (χ1) is 11.5. The molecule has 2 heterocycles. The number of halogens is 1. The molecule has 1 atom stereocenters. The van der Waals surface area contributed by atoms with E-state index >= 15 is 0 Å². The van der Waals surface area contributed by atoms with Gasteiger partial charge in [-0.25, -0.2) is 0 Å². The average molecular weight is 347 g/mol. The van der Waals surface area contributed by atoms with Gasteiger partial charge >= 0.3 is 0 Å². The monoisotopic (exact) mass is 346 g/mol. The lowest BCUT2D eigenvalue weighted by Gasteiger charge is -2.55. The maximum absolute atomic E-state index is 6.21. The molecule has 0 unspecified atom stereocenters. The summed E-state index contributed by atoms with van der Waals surface area (Å²) in [6.07, 6.45) is 9.80. The smallest absolute Gasteiger partial charge is 0.240 e. The van der Waals surface area contributed by atoms with Gasteiger partial charge in [0.25, 0.3) is 0 Å². The standard InChI is InChI=1S/C18H23ClN4O/c1-10-15(19)9-23(22-10)11(2)16-20-21-17(24-16)18-6-12-3-13(7-18)5-14(4-12)8-18/h9,11-14H,3-8H2,1-2H3/t11-,12?,13?,14?,18?/m0/s1. The Bertz CT molecular complexity index is 725. The molecule has 4 aliphatic rings. The predicted molar refractivity (Wildman–Crippen MR) is 89.9 cm³/mol. The van der Waals surface area contributed by atoms with E-state index in [0.29, 0.717) is 10.9 Å². The molecule has 24 heavy (non-hydrogen) atoms. The van der Waals surface area contributed by atoms with E-state index in [1.807, 2.05) is 24.7 Å². The summed E-state index contributed by atoms with van der Waals surface area (Å²) in [5.74, 6) is 4.13. The Labute approximate surface area is 146 Å². The second kappa shape index (κ2) is 5.07. The summed E-state index contributed by atoms with van der Waals surface area (Å²) in [6, 6.07) is -0.0913. The van der Waals surface area contributed by atoms with Gasteiger partial charge in [0.1, 0.15) is 6.04 Å². The van der Waals surface area contributed by atoms with E-state index < -0.39 is 0 Å². The first kappa shape index (κ1) is 14.9. The Hall–Kier alpha value is -1.36. The molecule has 4 saturated carbocycles. The third kappa shape index (κ3) is 2.17. The lowest BCUT2D eigenvalue weighted by molar-refractivity contribution is -0.0184. The lowest BCUT2D eigenvalue weighted by Crippen LogP contribution is -2.48. The molecule has 4 fully saturated rings. The molecular formula is C18H23ClN4O. The molecule has 2 aromatic rings. The molecule has 4 bridgehead atoms. The van der Waals surface area contributed by atoms with Crippen LogP contribution in [-0.4, -0.2) is 20.0 Å². The molecule has 0 radical (unpaired) electrons. The summed E-state index contributed by atoms with van der Waals surface area (Å²) in [6.45, 7) is 3.93. The minimum atomic E-state index is -0.0913. The summed E-state index contributed by atoms with van der Waals surface area (Å²) in [5.41, 5.74) is 0.974. The third-order valence-corrected chi connectivity index (χ3v) is 6.91. The van der Waals surface area contributed by atoms with Crippen molar-refractivity contribution in [3.8, 4) is 0 Å². The number of nitrogens with zero attached hydrogens (tertiary/aromatic N) is 4. The highest BCUT2D eigenvalue weighted by Gasteiger charge is 2.54. The van der Waals surface area contributed by atoms with Crippen LogP contribution < -0.4 is 0 Å². The van der Waals surface area contributed by atoms with Gasteiger partial charge in [-0.3, -0.25) is 4.68 Å². The molecule has 0 spiro atoms. The number of hydrogen-bond acceptors (Lipinski definition) is 4. The highest BCUT2D eigenvalue weighted by molar-refractivity contribution is 6.31. The van der Waals surface area contributed by atoms with Crippen LogP contribution in [0.3, 0.4) is 0 Å². The number of hydrogen-bond donors (Lipinski definition) is 0. The SMILES string of the molecule is Cc1nn([C@@H](C)c2nnc(C34CC5CC(CC(C5)C3)C4)o2)cc1Cl. The maximum atomic E-state index is 6.21. The van der Waals surface area contributed by atoms with Gasteiger partial charge in [0.2, 0.25) is 11.8 Å². The van der Waals surface area contributed by atoms with Crippen LogP contribution >= 0.6 is 11.6 Å². The molecule has 6 heteroatoms. The lowest BCUT2D eigenvalue weighted by atomic mass is 9.49. The van der Waals surface area contributed by atoms with Crippen LogP contribution in [0.25, 0.3) is 0 Å². The van der Waals surface area contributed by atoms with Gasteiger partial charge < -0.3 is 4.42 Å². The van der Waals surface area contributed by atoms with E-state index in [-0.39, 0.29) is 11.5 Å². The minimum absolute atomic E-state index is 0.0913. The Morgan fingerprint density at radius 3 is 2.33 bits per heavy atom. The van der Waals surface area contributed by atoms with Gasteiger partial charge in [-0.05, 0) is 70.1 Å². The van der Waals surface area contributed by atoms with Crippen molar-refractivity contribution in [1.29, 1.82) is 0 Å². The quantitative estimate of drug-likeness (QED) is 0.831. The predicted octanol–water partition coefficient (Wildman–Crippen LogP) is 4.31. The van der Waals surface area contributed by atoms with E-state index in [2.05, 4.69) is 15.3 Å². The van der Waals surface area contributed by atoms with Crippen molar-refractivity contribution in [2.45, 2.75) is 63.8 Å². The molecule has 0 aromatic carbocycles. The van der Waals surface area contributed by atoms with E-state index in [1.54, 1.807) is 0 Å². The van der Waals surface area contributed by atoms with E-state index in [0.717, 1.165) is 29.3 Å². The van der Waals surface area contributed by atoms with Gasteiger partial charge in [-0.2, -0.15) is 5.10 Å². The van der Waals surface area contributed by atoms with E-state index in [1.165, 1.54) is 38.5 Å². The molecule has 0 N–H and O–H groups in total. The number of aryl methyl sites for hydroxylation is 1. The van der Waals surface area contributed by atoms with Crippen molar-refractivity contribution < 1.29 is 4.42 Å². The molecule has 0 amide bonds. The maximum Gasteiger partial charge on any atom is 0.240 e. The second-order valence-corrected chi connectivity index (χ2v) is 8.77.